The summed E-state index contributed by atoms with van der Waals surface area (Å²) in [5.74, 6) is 0.750. The van der Waals surface area contributed by atoms with Gasteiger partial charge in [-0.05, 0) is 47.7 Å². The molecule has 3 aromatic carbocycles. The highest BCUT2D eigenvalue weighted by Gasteiger charge is 2.20. The lowest BCUT2D eigenvalue weighted by molar-refractivity contribution is 0.102. The average Bonchev–Trinajstić information content (AvgIpc) is 2.83. The zero-order valence-electron chi connectivity index (χ0n) is 17.6. The van der Waals surface area contributed by atoms with E-state index < -0.39 is 0 Å². The minimum atomic E-state index is -0.0989. The lowest BCUT2D eigenvalue weighted by Crippen LogP contribution is -2.31. The van der Waals surface area contributed by atoms with E-state index in [2.05, 4.69) is 47.5 Å². The second kappa shape index (κ2) is 8.23. The SMILES string of the molecule is CCc1ccccc1NC(=O)c1cc(N2CCc3ccccc3C2)nc2ccccc12. The van der Waals surface area contributed by atoms with Crippen molar-refractivity contribution in [3.8, 4) is 0 Å². The minimum absolute atomic E-state index is 0.0989. The molecule has 1 N–H and O–H groups in total. The molecule has 1 aromatic heterocycles. The van der Waals surface area contributed by atoms with Gasteiger partial charge in [-0.3, -0.25) is 4.79 Å². The number of rotatable bonds is 4. The summed E-state index contributed by atoms with van der Waals surface area (Å²) in [6.07, 6.45) is 1.85. The van der Waals surface area contributed by atoms with Crippen LogP contribution >= 0.6 is 0 Å². The number of carbonyl (C=O) groups excluding carboxylic acids is 1. The van der Waals surface area contributed by atoms with Crippen LogP contribution in [-0.2, 0) is 19.4 Å². The maximum Gasteiger partial charge on any atom is 0.256 e. The Labute approximate surface area is 182 Å². The van der Waals surface area contributed by atoms with E-state index in [1.165, 1.54) is 11.1 Å². The molecule has 1 aliphatic rings. The van der Waals surface area contributed by atoms with Crippen LogP contribution in [0.4, 0.5) is 11.5 Å². The molecule has 0 spiro atoms. The van der Waals surface area contributed by atoms with Crippen molar-refractivity contribution >= 4 is 28.3 Å². The summed E-state index contributed by atoms with van der Waals surface area (Å²) in [6.45, 7) is 3.79. The lowest BCUT2D eigenvalue weighted by Gasteiger charge is -2.30. The van der Waals surface area contributed by atoms with E-state index >= 15 is 0 Å². The van der Waals surface area contributed by atoms with Gasteiger partial charge in [-0.2, -0.15) is 0 Å². The first kappa shape index (κ1) is 19.3. The van der Waals surface area contributed by atoms with E-state index in [0.29, 0.717) is 5.56 Å². The normalized spacial score (nSPS) is 13.1. The third-order valence-corrected chi connectivity index (χ3v) is 6.05. The second-order valence-electron chi connectivity index (χ2n) is 7.95. The van der Waals surface area contributed by atoms with Gasteiger partial charge < -0.3 is 10.2 Å². The van der Waals surface area contributed by atoms with Crippen molar-refractivity contribution in [3.63, 3.8) is 0 Å². The van der Waals surface area contributed by atoms with Crippen LogP contribution in [0.5, 0.6) is 0 Å². The molecule has 0 saturated heterocycles. The predicted octanol–water partition coefficient (Wildman–Crippen LogP) is 5.61. The van der Waals surface area contributed by atoms with Gasteiger partial charge in [0.15, 0.2) is 0 Å². The molecule has 0 unspecified atom stereocenters. The standard InChI is InChI=1S/C27H25N3O/c1-2-19-9-5-7-13-24(19)29-27(31)23-17-26(28-25-14-8-6-12-22(23)25)30-16-15-20-10-3-4-11-21(20)18-30/h3-14,17H,2,15-16,18H2,1H3,(H,29,31). The van der Waals surface area contributed by atoms with Gasteiger partial charge in [-0.15, -0.1) is 0 Å². The molecule has 2 heterocycles. The summed E-state index contributed by atoms with van der Waals surface area (Å²) < 4.78 is 0. The smallest absolute Gasteiger partial charge is 0.256 e. The number of pyridine rings is 1. The van der Waals surface area contributed by atoms with Crippen LogP contribution in [0.3, 0.4) is 0 Å². The quantitative estimate of drug-likeness (QED) is 0.478. The Morgan fingerprint density at radius 1 is 0.968 bits per heavy atom. The summed E-state index contributed by atoms with van der Waals surface area (Å²) in [5.41, 5.74) is 6.21. The van der Waals surface area contributed by atoms with Gasteiger partial charge >= 0.3 is 0 Å². The predicted molar refractivity (Wildman–Crippen MR) is 127 cm³/mol. The molecule has 0 aliphatic carbocycles. The Hall–Kier alpha value is -3.66. The molecule has 0 atom stereocenters. The number of nitrogens with one attached hydrogen (secondary N) is 1. The molecule has 1 amide bonds. The number of nitrogens with zero attached hydrogens (tertiary/aromatic N) is 2. The van der Waals surface area contributed by atoms with Gasteiger partial charge in [0.05, 0.1) is 11.1 Å². The van der Waals surface area contributed by atoms with E-state index in [1.54, 1.807) is 0 Å². The van der Waals surface area contributed by atoms with Gasteiger partial charge in [-0.25, -0.2) is 4.98 Å². The van der Waals surface area contributed by atoms with Crippen molar-refractivity contribution < 1.29 is 4.79 Å². The molecule has 31 heavy (non-hydrogen) atoms. The second-order valence-corrected chi connectivity index (χ2v) is 7.95. The molecular formula is C27H25N3O. The highest BCUT2D eigenvalue weighted by molar-refractivity contribution is 6.13. The number of carbonyl (C=O) groups is 1. The van der Waals surface area contributed by atoms with Crippen LogP contribution in [0.2, 0.25) is 0 Å². The largest absolute Gasteiger partial charge is 0.352 e. The monoisotopic (exact) mass is 407 g/mol. The van der Waals surface area contributed by atoms with Crippen molar-refractivity contribution in [1.82, 2.24) is 4.98 Å². The van der Waals surface area contributed by atoms with Crippen LogP contribution in [0.25, 0.3) is 10.9 Å². The fourth-order valence-corrected chi connectivity index (χ4v) is 4.34. The summed E-state index contributed by atoms with van der Waals surface area (Å²) in [6, 6.07) is 26.3. The number of amides is 1. The first-order valence-electron chi connectivity index (χ1n) is 10.8. The molecule has 1 aliphatic heterocycles. The number of anilines is 2. The van der Waals surface area contributed by atoms with Gasteiger partial charge in [0, 0.05) is 24.2 Å². The lowest BCUT2D eigenvalue weighted by atomic mass is 9.99. The van der Waals surface area contributed by atoms with Crippen molar-refractivity contribution in [2.24, 2.45) is 0 Å². The first-order valence-corrected chi connectivity index (χ1v) is 10.8. The van der Waals surface area contributed by atoms with Crippen LogP contribution in [0.1, 0.15) is 34.0 Å². The molecule has 4 aromatic rings. The number of benzene rings is 3. The molecular weight excluding hydrogens is 382 g/mol. The van der Waals surface area contributed by atoms with Crippen molar-refractivity contribution in [2.75, 3.05) is 16.8 Å². The fourth-order valence-electron chi connectivity index (χ4n) is 4.34. The van der Waals surface area contributed by atoms with Gasteiger partial charge in [0.25, 0.3) is 5.91 Å². The molecule has 4 heteroatoms. The zero-order valence-corrected chi connectivity index (χ0v) is 17.6. The third kappa shape index (κ3) is 3.77. The number of aryl methyl sites for hydroxylation is 1. The molecule has 5 rings (SSSR count). The van der Waals surface area contributed by atoms with Crippen molar-refractivity contribution in [1.29, 1.82) is 0 Å². The number of hydrogen-bond donors (Lipinski definition) is 1. The number of para-hydroxylation sites is 2. The van der Waals surface area contributed by atoms with Crippen molar-refractivity contribution in [3.05, 3.63) is 101 Å². The Morgan fingerprint density at radius 2 is 1.71 bits per heavy atom. The van der Waals surface area contributed by atoms with Crippen LogP contribution in [-0.4, -0.2) is 17.4 Å². The number of hydrogen-bond acceptors (Lipinski definition) is 3. The van der Waals surface area contributed by atoms with E-state index in [4.69, 9.17) is 4.98 Å². The van der Waals surface area contributed by atoms with Crippen LogP contribution < -0.4 is 10.2 Å². The molecule has 154 valence electrons. The summed E-state index contributed by atoms with van der Waals surface area (Å²) in [7, 11) is 0. The summed E-state index contributed by atoms with van der Waals surface area (Å²) >= 11 is 0. The van der Waals surface area contributed by atoms with Crippen molar-refractivity contribution in [2.45, 2.75) is 26.3 Å². The van der Waals surface area contributed by atoms with Gasteiger partial charge in [0.2, 0.25) is 0 Å². The highest BCUT2D eigenvalue weighted by atomic mass is 16.1. The molecule has 0 fully saturated rings. The topological polar surface area (TPSA) is 45.2 Å². The van der Waals surface area contributed by atoms with Crippen LogP contribution in [0, 0.1) is 0 Å². The van der Waals surface area contributed by atoms with E-state index in [1.807, 2.05) is 48.5 Å². The highest BCUT2D eigenvalue weighted by Crippen LogP contribution is 2.28. The maximum atomic E-state index is 13.4. The number of aromatic nitrogens is 1. The fraction of sp³-hybridized carbons (Fsp3) is 0.185. The van der Waals surface area contributed by atoms with E-state index in [9.17, 15) is 4.79 Å². The van der Waals surface area contributed by atoms with E-state index in [0.717, 1.165) is 53.9 Å². The summed E-state index contributed by atoms with van der Waals surface area (Å²) in [5, 5.41) is 4.00. The Balaban J connectivity index is 1.53. The Bertz CT molecular complexity index is 1260. The zero-order chi connectivity index (χ0) is 21.2. The average molecular weight is 408 g/mol. The van der Waals surface area contributed by atoms with Gasteiger partial charge in [0.1, 0.15) is 5.82 Å². The number of fused-ring (bicyclic) bond motifs is 2. The van der Waals surface area contributed by atoms with E-state index in [-0.39, 0.29) is 5.91 Å². The third-order valence-electron chi connectivity index (χ3n) is 6.05. The molecule has 0 saturated carbocycles. The van der Waals surface area contributed by atoms with Crippen LogP contribution in [0.15, 0.2) is 78.9 Å². The first-order chi connectivity index (χ1) is 15.2. The minimum Gasteiger partial charge on any atom is -0.352 e. The molecule has 4 nitrogen and oxygen atoms in total. The Kier molecular flexibility index (Phi) is 5.13. The molecule has 0 bridgehead atoms. The van der Waals surface area contributed by atoms with Gasteiger partial charge in [-0.1, -0.05) is 67.6 Å². The summed E-state index contributed by atoms with van der Waals surface area (Å²) in [4.78, 5) is 20.5. The molecule has 0 radical (unpaired) electrons. The maximum absolute atomic E-state index is 13.4. The Morgan fingerprint density at radius 3 is 2.58 bits per heavy atom.